The number of aryl methyl sites for hydroxylation is 1. The highest BCUT2D eigenvalue weighted by molar-refractivity contribution is 7.21. The zero-order chi connectivity index (χ0) is 20.4. The second-order valence-electron chi connectivity index (χ2n) is 6.89. The highest BCUT2D eigenvalue weighted by Crippen LogP contribution is 2.32. The number of aromatic nitrogens is 1. The molecule has 0 radical (unpaired) electrons. The zero-order valence-corrected chi connectivity index (χ0v) is 17.3. The Bertz CT molecular complexity index is 1140. The van der Waals surface area contributed by atoms with Gasteiger partial charge >= 0.3 is 5.97 Å². The third-order valence-corrected chi connectivity index (χ3v) is 6.31. The van der Waals surface area contributed by atoms with Crippen LogP contribution in [0.25, 0.3) is 20.8 Å². The molecule has 1 N–H and O–H groups in total. The van der Waals surface area contributed by atoms with E-state index >= 15 is 0 Å². The first kappa shape index (κ1) is 19.2. The van der Waals surface area contributed by atoms with Gasteiger partial charge in [-0.2, -0.15) is 4.57 Å². The molecule has 4 rings (SSSR count). The minimum absolute atomic E-state index is 0.673. The number of carboxylic acids is 1. The van der Waals surface area contributed by atoms with E-state index in [0.717, 1.165) is 23.5 Å². The topological polar surface area (TPSA) is 44.4 Å². The van der Waals surface area contributed by atoms with Crippen LogP contribution in [0.3, 0.4) is 0 Å². The smallest absolute Gasteiger partial charge is 0.326 e. The number of hydrogen-bond donors (Lipinski definition) is 1. The number of nitrogens with zero attached hydrogens (tertiary/aromatic N) is 2. The Balaban J connectivity index is 1.76. The SMILES string of the molecule is CC[n+]1c(-c2ccc(N(c3ccccc3)C(C)C(=O)O)cc2)sc2ccccc21. The molecule has 0 fully saturated rings. The number of benzene rings is 3. The predicted octanol–water partition coefficient (Wildman–Crippen LogP) is 5.49. The lowest BCUT2D eigenvalue weighted by Gasteiger charge is -2.28. The summed E-state index contributed by atoms with van der Waals surface area (Å²) in [6, 6.07) is 25.6. The molecule has 5 heteroatoms. The first-order valence-electron chi connectivity index (χ1n) is 9.69. The maximum atomic E-state index is 11.7. The molecule has 29 heavy (non-hydrogen) atoms. The molecule has 0 saturated carbocycles. The normalized spacial score (nSPS) is 12.1. The highest BCUT2D eigenvalue weighted by atomic mass is 32.1. The monoisotopic (exact) mass is 403 g/mol. The van der Waals surface area contributed by atoms with E-state index in [4.69, 9.17) is 0 Å². The number of rotatable bonds is 6. The number of fused-ring (bicyclic) bond motifs is 1. The van der Waals surface area contributed by atoms with Crippen molar-refractivity contribution in [1.82, 2.24) is 0 Å². The minimum Gasteiger partial charge on any atom is -0.480 e. The van der Waals surface area contributed by atoms with Crippen LogP contribution >= 0.6 is 11.3 Å². The van der Waals surface area contributed by atoms with Gasteiger partial charge in [0.1, 0.15) is 17.3 Å². The van der Waals surface area contributed by atoms with Crippen LogP contribution < -0.4 is 9.47 Å². The second-order valence-corrected chi connectivity index (χ2v) is 7.92. The molecule has 1 unspecified atom stereocenters. The van der Waals surface area contributed by atoms with E-state index in [9.17, 15) is 9.90 Å². The summed E-state index contributed by atoms with van der Waals surface area (Å²) in [5, 5.41) is 10.8. The Morgan fingerprint density at radius 2 is 1.59 bits per heavy atom. The first-order valence-corrected chi connectivity index (χ1v) is 10.5. The standard InChI is InChI=1S/C24H22N2O2S/c1-3-25-21-11-7-8-12-22(21)29-23(25)18-13-15-20(16-14-18)26(17(2)24(27)28)19-9-5-4-6-10-19/h4-17H,3H2,1-2H3/p+1. The van der Waals surface area contributed by atoms with Gasteiger partial charge in [0.15, 0.2) is 0 Å². The molecule has 0 saturated heterocycles. The van der Waals surface area contributed by atoms with Gasteiger partial charge in [-0.05, 0) is 56.3 Å². The van der Waals surface area contributed by atoms with Crippen LogP contribution in [0.4, 0.5) is 11.4 Å². The molecule has 0 bridgehead atoms. The van der Waals surface area contributed by atoms with Gasteiger partial charge in [-0.1, -0.05) is 41.7 Å². The molecule has 1 heterocycles. The predicted molar refractivity (Wildman–Crippen MR) is 119 cm³/mol. The van der Waals surface area contributed by atoms with Crippen molar-refractivity contribution in [2.75, 3.05) is 4.90 Å². The Kier molecular flexibility index (Phi) is 5.32. The van der Waals surface area contributed by atoms with Crippen LogP contribution in [0, 0.1) is 0 Å². The van der Waals surface area contributed by atoms with Crippen molar-refractivity contribution in [1.29, 1.82) is 0 Å². The molecule has 0 amide bonds. The van der Waals surface area contributed by atoms with E-state index in [-0.39, 0.29) is 0 Å². The Morgan fingerprint density at radius 3 is 2.24 bits per heavy atom. The van der Waals surface area contributed by atoms with Crippen molar-refractivity contribution in [3.8, 4) is 10.6 Å². The van der Waals surface area contributed by atoms with Gasteiger partial charge in [0, 0.05) is 17.4 Å². The fraction of sp³-hybridized carbons (Fsp3) is 0.167. The van der Waals surface area contributed by atoms with Crippen molar-refractivity contribution < 1.29 is 14.5 Å². The lowest BCUT2D eigenvalue weighted by atomic mass is 10.1. The highest BCUT2D eigenvalue weighted by Gasteiger charge is 2.24. The maximum Gasteiger partial charge on any atom is 0.326 e. The molecule has 0 aliphatic heterocycles. The fourth-order valence-electron chi connectivity index (χ4n) is 3.62. The average Bonchev–Trinajstić information content (AvgIpc) is 3.13. The molecule has 0 aliphatic carbocycles. The van der Waals surface area contributed by atoms with Gasteiger partial charge in [0.2, 0.25) is 5.52 Å². The molecule has 0 spiro atoms. The first-order chi connectivity index (χ1) is 14.1. The van der Waals surface area contributed by atoms with E-state index < -0.39 is 12.0 Å². The summed E-state index contributed by atoms with van der Waals surface area (Å²) in [5.41, 5.74) is 4.09. The maximum absolute atomic E-state index is 11.7. The van der Waals surface area contributed by atoms with E-state index in [1.54, 1.807) is 18.3 Å². The molecule has 4 nitrogen and oxygen atoms in total. The number of hydrogen-bond acceptors (Lipinski definition) is 3. The van der Waals surface area contributed by atoms with Crippen molar-refractivity contribution in [3.63, 3.8) is 0 Å². The van der Waals surface area contributed by atoms with E-state index in [2.05, 4.69) is 47.9 Å². The Morgan fingerprint density at radius 1 is 0.966 bits per heavy atom. The Labute approximate surface area is 174 Å². The van der Waals surface area contributed by atoms with Gasteiger partial charge < -0.3 is 10.0 Å². The molecular formula is C24H23N2O2S+. The summed E-state index contributed by atoms with van der Waals surface area (Å²) in [6.07, 6.45) is 0. The lowest BCUT2D eigenvalue weighted by Crippen LogP contribution is -2.35. The largest absolute Gasteiger partial charge is 0.480 e. The van der Waals surface area contributed by atoms with Gasteiger partial charge in [-0.15, -0.1) is 0 Å². The lowest BCUT2D eigenvalue weighted by molar-refractivity contribution is -0.653. The summed E-state index contributed by atoms with van der Waals surface area (Å²) in [5.74, 6) is -0.855. The molecular weight excluding hydrogens is 380 g/mol. The third kappa shape index (κ3) is 3.61. The average molecular weight is 404 g/mol. The van der Waals surface area contributed by atoms with Crippen molar-refractivity contribution in [3.05, 3.63) is 78.9 Å². The summed E-state index contributed by atoms with van der Waals surface area (Å²) >= 11 is 1.78. The van der Waals surface area contributed by atoms with Crippen molar-refractivity contribution in [2.45, 2.75) is 26.4 Å². The van der Waals surface area contributed by atoms with Crippen LogP contribution in [0.1, 0.15) is 13.8 Å². The number of thiazole rings is 1. The number of carbonyl (C=O) groups is 1. The number of aliphatic carboxylic acids is 1. The summed E-state index contributed by atoms with van der Waals surface area (Å²) in [7, 11) is 0. The van der Waals surface area contributed by atoms with E-state index in [0.29, 0.717) is 0 Å². The van der Waals surface area contributed by atoms with Gasteiger partial charge in [0.05, 0.1) is 5.56 Å². The minimum atomic E-state index is -0.855. The molecule has 1 aromatic heterocycles. The number of carboxylic acid groups (broad SMARTS) is 1. The summed E-state index contributed by atoms with van der Waals surface area (Å²) in [4.78, 5) is 13.6. The van der Waals surface area contributed by atoms with Crippen LogP contribution in [0.5, 0.6) is 0 Å². The van der Waals surface area contributed by atoms with Gasteiger partial charge in [-0.3, -0.25) is 0 Å². The molecule has 0 aliphatic rings. The van der Waals surface area contributed by atoms with Crippen molar-refractivity contribution >= 4 is 38.9 Å². The second kappa shape index (κ2) is 8.05. The van der Waals surface area contributed by atoms with Crippen LogP contribution in [0.15, 0.2) is 78.9 Å². The fourth-order valence-corrected chi connectivity index (χ4v) is 4.85. The van der Waals surface area contributed by atoms with E-state index in [1.165, 1.54) is 15.2 Å². The van der Waals surface area contributed by atoms with E-state index in [1.807, 2.05) is 47.4 Å². The Hall–Kier alpha value is -3.18. The molecule has 4 aromatic rings. The molecule has 3 aromatic carbocycles. The number of anilines is 2. The van der Waals surface area contributed by atoms with Gasteiger partial charge in [0.25, 0.3) is 5.01 Å². The van der Waals surface area contributed by atoms with Crippen molar-refractivity contribution in [2.24, 2.45) is 0 Å². The summed E-state index contributed by atoms with van der Waals surface area (Å²) < 4.78 is 3.59. The van der Waals surface area contributed by atoms with Crippen LogP contribution in [-0.2, 0) is 11.3 Å². The van der Waals surface area contributed by atoms with Crippen LogP contribution in [0.2, 0.25) is 0 Å². The van der Waals surface area contributed by atoms with Gasteiger partial charge in [-0.25, -0.2) is 4.79 Å². The third-order valence-electron chi connectivity index (χ3n) is 5.10. The van der Waals surface area contributed by atoms with Crippen LogP contribution in [-0.4, -0.2) is 17.1 Å². The zero-order valence-electron chi connectivity index (χ0n) is 16.4. The summed E-state index contributed by atoms with van der Waals surface area (Å²) in [6.45, 7) is 4.76. The molecule has 1 atom stereocenters. The number of para-hydroxylation sites is 2. The molecule has 146 valence electrons. The quantitative estimate of drug-likeness (QED) is 0.433.